The van der Waals surface area contributed by atoms with Gasteiger partial charge in [-0.3, -0.25) is 9.69 Å². The summed E-state index contributed by atoms with van der Waals surface area (Å²) in [7, 11) is 0. The Morgan fingerprint density at radius 1 is 0.935 bits per heavy atom. The first kappa shape index (κ1) is 20.9. The highest BCUT2D eigenvalue weighted by Gasteiger charge is 2.24. The topological polar surface area (TPSA) is 50.8 Å². The molecular formula is C26H28N2O3. The van der Waals surface area contributed by atoms with Crippen molar-refractivity contribution in [2.45, 2.75) is 19.1 Å². The van der Waals surface area contributed by atoms with Crippen molar-refractivity contribution in [3.05, 3.63) is 96.1 Å². The zero-order chi connectivity index (χ0) is 21.5. The Morgan fingerprint density at radius 3 is 2.13 bits per heavy atom. The monoisotopic (exact) mass is 416 g/mol. The number of ether oxygens (including phenoxy) is 2. The minimum Gasteiger partial charge on any atom is -0.486 e. The smallest absolute Gasteiger partial charge is 0.234 e. The van der Waals surface area contributed by atoms with Crippen molar-refractivity contribution in [2.75, 3.05) is 26.2 Å². The molecule has 0 fully saturated rings. The van der Waals surface area contributed by atoms with E-state index in [1.54, 1.807) is 0 Å². The van der Waals surface area contributed by atoms with E-state index < -0.39 is 0 Å². The molecule has 1 N–H and O–H groups in total. The van der Waals surface area contributed by atoms with Crippen LogP contribution in [0.1, 0.15) is 24.1 Å². The molecule has 1 heterocycles. The largest absolute Gasteiger partial charge is 0.486 e. The van der Waals surface area contributed by atoms with Crippen LogP contribution in [-0.4, -0.2) is 43.2 Å². The third kappa shape index (κ3) is 5.44. The molecule has 0 bridgehead atoms. The van der Waals surface area contributed by atoms with Gasteiger partial charge in [-0.05, 0) is 29.8 Å². The Labute approximate surface area is 183 Å². The number of carbonyl (C=O) groups excluding carboxylic acids is 1. The van der Waals surface area contributed by atoms with Crippen LogP contribution in [0.3, 0.4) is 0 Å². The van der Waals surface area contributed by atoms with E-state index in [1.165, 1.54) is 0 Å². The third-order valence-electron chi connectivity index (χ3n) is 5.41. The van der Waals surface area contributed by atoms with Crippen molar-refractivity contribution in [3.63, 3.8) is 0 Å². The van der Waals surface area contributed by atoms with Crippen LogP contribution in [0.15, 0.2) is 84.9 Å². The maximum atomic E-state index is 13.0. The van der Waals surface area contributed by atoms with Crippen molar-refractivity contribution in [2.24, 2.45) is 0 Å². The van der Waals surface area contributed by atoms with Crippen molar-refractivity contribution in [1.29, 1.82) is 0 Å². The van der Waals surface area contributed by atoms with Gasteiger partial charge in [-0.1, -0.05) is 79.7 Å². The van der Waals surface area contributed by atoms with E-state index in [0.717, 1.165) is 29.2 Å². The second kappa shape index (κ2) is 10.1. The highest BCUT2D eigenvalue weighted by atomic mass is 16.6. The second-order valence-corrected chi connectivity index (χ2v) is 7.65. The molecule has 0 unspecified atom stereocenters. The molecule has 3 aromatic rings. The van der Waals surface area contributed by atoms with E-state index in [-0.39, 0.29) is 18.1 Å². The van der Waals surface area contributed by atoms with Crippen LogP contribution in [0, 0.1) is 0 Å². The number of para-hydroxylation sites is 2. The molecule has 160 valence electrons. The molecule has 1 aliphatic rings. The Hall–Kier alpha value is -3.31. The van der Waals surface area contributed by atoms with Gasteiger partial charge < -0.3 is 14.8 Å². The van der Waals surface area contributed by atoms with Gasteiger partial charge in [-0.15, -0.1) is 0 Å². The quantitative estimate of drug-likeness (QED) is 0.602. The van der Waals surface area contributed by atoms with Crippen LogP contribution in [0.25, 0.3) is 0 Å². The zero-order valence-electron chi connectivity index (χ0n) is 17.7. The molecule has 3 aromatic carbocycles. The fraction of sp³-hybridized carbons (Fsp3) is 0.269. The Balaban J connectivity index is 1.40. The number of nitrogens with zero attached hydrogens (tertiary/aromatic N) is 1. The number of likely N-dealkylation sites (N-methyl/N-ethyl adjacent to an activating group) is 1. The first-order valence-corrected chi connectivity index (χ1v) is 10.7. The summed E-state index contributed by atoms with van der Waals surface area (Å²) in [4.78, 5) is 15.1. The van der Waals surface area contributed by atoms with Crippen LogP contribution in [0.5, 0.6) is 11.5 Å². The lowest BCUT2D eigenvalue weighted by Gasteiger charge is -2.31. The van der Waals surface area contributed by atoms with E-state index >= 15 is 0 Å². The van der Waals surface area contributed by atoms with Gasteiger partial charge in [0.1, 0.15) is 12.7 Å². The van der Waals surface area contributed by atoms with Gasteiger partial charge in [0, 0.05) is 6.54 Å². The molecule has 4 rings (SSSR count). The molecule has 1 atom stereocenters. The molecule has 0 aliphatic carbocycles. The SMILES string of the molecule is CCN(CC(=O)NC(c1ccccc1)c1ccccc1)C[C@H]1COc2ccccc2O1. The number of hydrogen-bond donors (Lipinski definition) is 1. The fourth-order valence-corrected chi connectivity index (χ4v) is 3.81. The molecule has 1 amide bonds. The van der Waals surface area contributed by atoms with Crippen LogP contribution in [-0.2, 0) is 4.79 Å². The van der Waals surface area contributed by atoms with Crippen molar-refractivity contribution < 1.29 is 14.3 Å². The molecule has 0 radical (unpaired) electrons. The molecule has 0 saturated heterocycles. The van der Waals surface area contributed by atoms with Crippen LogP contribution in [0.4, 0.5) is 0 Å². The zero-order valence-corrected chi connectivity index (χ0v) is 17.7. The predicted molar refractivity (Wildman–Crippen MR) is 121 cm³/mol. The van der Waals surface area contributed by atoms with E-state index in [9.17, 15) is 4.79 Å². The summed E-state index contributed by atoms with van der Waals surface area (Å²) in [5.74, 6) is 1.51. The summed E-state index contributed by atoms with van der Waals surface area (Å²) in [5, 5.41) is 3.21. The molecule has 5 nitrogen and oxygen atoms in total. The highest BCUT2D eigenvalue weighted by Crippen LogP contribution is 2.31. The number of amides is 1. The minimum absolute atomic E-state index is 0.0170. The highest BCUT2D eigenvalue weighted by molar-refractivity contribution is 5.79. The molecule has 0 saturated carbocycles. The summed E-state index contributed by atoms with van der Waals surface area (Å²) in [6.07, 6.45) is -0.110. The summed E-state index contributed by atoms with van der Waals surface area (Å²) in [5.41, 5.74) is 2.12. The number of fused-ring (bicyclic) bond motifs is 1. The third-order valence-corrected chi connectivity index (χ3v) is 5.41. The number of benzene rings is 3. The van der Waals surface area contributed by atoms with Gasteiger partial charge >= 0.3 is 0 Å². The summed E-state index contributed by atoms with van der Waals surface area (Å²) in [6, 6.07) is 27.6. The number of carbonyl (C=O) groups is 1. The van der Waals surface area contributed by atoms with Crippen LogP contribution >= 0.6 is 0 Å². The van der Waals surface area contributed by atoms with Gasteiger partial charge in [-0.25, -0.2) is 0 Å². The number of hydrogen-bond acceptors (Lipinski definition) is 4. The normalized spacial score (nSPS) is 15.1. The maximum absolute atomic E-state index is 13.0. The number of nitrogens with one attached hydrogen (secondary N) is 1. The predicted octanol–water partition coefficient (Wildman–Crippen LogP) is 4.05. The molecule has 5 heteroatoms. The lowest BCUT2D eigenvalue weighted by atomic mass is 9.99. The van der Waals surface area contributed by atoms with Crippen molar-refractivity contribution >= 4 is 5.91 Å². The lowest BCUT2D eigenvalue weighted by molar-refractivity contribution is -0.123. The van der Waals surface area contributed by atoms with E-state index in [2.05, 4.69) is 17.1 Å². The van der Waals surface area contributed by atoms with Gasteiger partial charge in [-0.2, -0.15) is 0 Å². The Kier molecular flexibility index (Phi) is 6.85. The average molecular weight is 417 g/mol. The fourth-order valence-electron chi connectivity index (χ4n) is 3.81. The second-order valence-electron chi connectivity index (χ2n) is 7.65. The maximum Gasteiger partial charge on any atom is 0.234 e. The van der Waals surface area contributed by atoms with E-state index in [4.69, 9.17) is 9.47 Å². The van der Waals surface area contributed by atoms with Crippen LogP contribution < -0.4 is 14.8 Å². The van der Waals surface area contributed by atoms with E-state index in [1.807, 2.05) is 84.9 Å². The molecule has 1 aliphatic heterocycles. The first-order valence-electron chi connectivity index (χ1n) is 10.7. The average Bonchev–Trinajstić information content (AvgIpc) is 2.83. The summed E-state index contributed by atoms with van der Waals surface area (Å²) < 4.78 is 11.9. The Morgan fingerprint density at radius 2 is 1.52 bits per heavy atom. The molecular weight excluding hydrogens is 388 g/mol. The number of rotatable bonds is 8. The first-order chi connectivity index (χ1) is 15.2. The van der Waals surface area contributed by atoms with Crippen molar-refractivity contribution in [3.8, 4) is 11.5 Å². The van der Waals surface area contributed by atoms with Gasteiger partial charge in [0.15, 0.2) is 11.5 Å². The van der Waals surface area contributed by atoms with Gasteiger partial charge in [0.2, 0.25) is 5.91 Å². The molecule has 0 aromatic heterocycles. The Bertz CT molecular complexity index is 939. The summed E-state index contributed by atoms with van der Waals surface area (Å²) >= 11 is 0. The van der Waals surface area contributed by atoms with Gasteiger partial charge in [0.25, 0.3) is 0 Å². The molecule has 0 spiro atoms. The van der Waals surface area contributed by atoms with Crippen molar-refractivity contribution in [1.82, 2.24) is 10.2 Å². The summed E-state index contributed by atoms with van der Waals surface area (Å²) in [6.45, 7) is 4.20. The van der Waals surface area contributed by atoms with Crippen LogP contribution in [0.2, 0.25) is 0 Å². The van der Waals surface area contributed by atoms with Gasteiger partial charge in [0.05, 0.1) is 12.6 Å². The van der Waals surface area contributed by atoms with E-state index in [0.29, 0.717) is 19.7 Å². The lowest BCUT2D eigenvalue weighted by Crippen LogP contribution is -2.45. The molecule has 31 heavy (non-hydrogen) atoms. The standard InChI is InChI=1S/C26H28N2O3/c1-2-28(17-22-19-30-23-15-9-10-16-24(23)31-22)18-25(29)27-26(20-11-5-3-6-12-20)21-13-7-4-8-14-21/h3-16,22,26H,2,17-19H2,1H3,(H,27,29)/t22-/m0/s1. The minimum atomic E-state index is -0.185.